The molecule has 0 aliphatic rings. The average Bonchev–Trinajstić information content (AvgIpc) is 2.73. The van der Waals surface area contributed by atoms with Crippen LogP contribution in [0.1, 0.15) is 29.9 Å². The van der Waals surface area contributed by atoms with Gasteiger partial charge in [0.2, 0.25) is 0 Å². The molecule has 0 fully saturated rings. The van der Waals surface area contributed by atoms with Gasteiger partial charge in [0.15, 0.2) is 0 Å². The molecular weight excluding hydrogens is 255 g/mol. The minimum absolute atomic E-state index is 0.201. The molecule has 2 aromatic rings. The SMILES string of the molecule is CCNC(c1ccoc1C)c1c(F)cc(F)cc1F. The lowest BCUT2D eigenvalue weighted by Gasteiger charge is -2.19. The van der Waals surface area contributed by atoms with Crippen LogP contribution < -0.4 is 5.32 Å². The predicted molar refractivity (Wildman–Crippen MR) is 65.3 cm³/mol. The molecule has 1 atom stereocenters. The molecule has 1 aromatic carbocycles. The van der Waals surface area contributed by atoms with Gasteiger partial charge in [-0.2, -0.15) is 0 Å². The number of furan rings is 1. The van der Waals surface area contributed by atoms with E-state index in [4.69, 9.17) is 4.42 Å². The Kier molecular flexibility index (Phi) is 3.95. The summed E-state index contributed by atoms with van der Waals surface area (Å²) in [7, 11) is 0. The molecule has 0 aliphatic carbocycles. The van der Waals surface area contributed by atoms with E-state index in [2.05, 4.69) is 5.32 Å². The third-order valence-electron chi connectivity index (χ3n) is 2.95. The topological polar surface area (TPSA) is 25.2 Å². The first-order chi connectivity index (χ1) is 9.04. The lowest BCUT2D eigenvalue weighted by Crippen LogP contribution is -2.24. The van der Waals surface area contributed by atoms with Crippen molar-refractivity contribution in [1.29, 1.82) is 0 Å². The molecule has 1 N–H and O–H groups in total. The van der Waals surface area contributed by atoms with Gasteiger partial charge < -0.3 is 9.73 Å². The van der Waals surface area contributed by atoms with Crippen molar-refractivity contribution < 1.29 is 17.6 Å². The van der Waals surface area contributed by atoms with Crippen LogP contribution in [0.2, 0.25) is 0 Å². The fourth-order valence-corrected chi connectivity index (χ4v) is 2.10. The first-order valence-electron chi connectivity index (χ1n) is 5.96. The maximum Gasteiger partial charge on any atom is 0.134 e. The van der Waals surface area contributed by atoms with Gasteiger partial charge in [-0.1, -0.05) is 6.92 Å². The monoisotopic (exact) mass is 269 g/mol. The van der Waals surface area contributed by atoms with Crippen LogP contribution in [0.4, 0.5) is 13.2 Å². The molecule has 1 heterocycles. The van der Waals surface area contributed by atoms with E-state index >= 15 is 0 Å². The van der Waals surface area contributed by atoms with Crippen LogP contribution in [-0.4, -0.2) is 6.54 Å². The highest BCUT2D eigenvalue weighted by Crippen LogP contribution is 2.30. The maximum atomic E-state index is 13.9. The van der Waals surface area contributed by atoms with Gasteiger partial charge in [-0.3, -0.25) is 0 Å². The number of nitrogens with one attached hydrogen (secondary N) is 1. The van der Waals surface area contributed by atoms with E-state index in [0.717, 1.165) is 0 Å². The van der Waals surface area contributed by atoms with E-state index in [-0.39, 0.29) is 5.56 Å². The Morgan fingerprint density at radius 1 is 1.21 bits per heavy atom. The molecule has 0 saturated heterocycles. The minimum atomic E-state index is -0.932. The minimum Gasteiger partial charge on any atom is -0.469 e. The summed E-state index contributed by atoms with van der Waals surface area (Å²) in [6.45, 7) is 4.03. The van der Waals surface area contributed by atoms with E-state index in [1.54, 1.807) is 13.0 Å². The Hall–Kier alpha value is -1.75. The third-order valence-corrected chi connectivity index (χ3v) is 2.95. The molecule has 5 heteroatoms. The molecule has 1 unspecified atom stereocenters. The smallest absolute Gasteiger partial charge is 0.134 e. The third kappa shape index (κ3) is 2.66. The largest absolute Gasteiger partial charge is 0.469 e. The molecule has 102 valence electrons. The van der Waals surface area contributed by atoms with Gasteiger partial charge in [-0.25, -0.2) is 13.2 Å². The van der Waals surface area contributed by atoms with Crippen molar-refractivity contribution in [2.45, 2.75) is 19.9 Å². The molecule has 2 rings (SSSR count). The fourth-order valence-electron chi connectivity index (χ4n) is 2.10. The molecule has 0 saturated carbocycles. The van der Waals surface area contributed by atoms with Crippen molar-refractivity contribution in [1.82, 2.24) is 5.32 Å². The van der Waals surface area contributed by atoms with Crippen molar-refractivity contribution in [2.24, 2.45) is 0 Å². The molecular formula is C14H14F3NO. The van der Waals surface area contributed by atoms with Gasteiger partial charge >= 0.3 is 0 Å². The Morgan fingerprint density at radius 2 is 1.84 bits per heavy atom. The summed E-state index contributed by atoms with van der Waals surface area (Å²) in [6.07, 6.45) is 1.45. The number of hydrogen-bond acceptors (Lipinski definition) is 2. The summed E-state index contributed by atoms with van der Waals surface area (Å²) in [5.74, 6) is -2.19. The number of aryl methyl sites for hydroxylation is 1. The maximum absolute atomic E-state index is 13.9. The van der Waals surface area contributed by atoms with E-state index < -0.39 is 23.5 Å². The van der Waals surface area contributed by atoms with Crippen molar-refractivity contribution in [3.05, 3.63) is 58.8 Å². The van der Waals surface area contributed by atoms with E-state index in [1.165, 1.54) is 6.26 Å². The second-order valence-electron chi connectivity index (χ2n) is 4.21. The number of hydrogen-bond donors (Lipinski definition) is 1. The Labute approximate surface area is 109 Å². The second kappa shape index (κ2) is 5.48. The van der Waals surface area contributed by atoms with Gasteiger partial charge in [0.1, 0.15) is 23.2 Å². The highest BCUT2D eigenvalue weighted by atomic mass is 19.1. The predicted octanol–water partition coefficient (Wildman–Crippen LogP) is 3.70. The van der Waals surface area contributed by atoms with Crippen molar-refractivity contribution in [3.63, 3.8) is 0 Å². The normalized spacial score (nSPS) is 12.7. The van der Waals surface area contributed by atoms with Crippen molar-refractivity contribution in [2.75, 3.05) is 6.54 Å². The zero-order chi connectivity index (χ0) is 14.0. The lowest BCUT2D eigenvalue weighted by molar-refractivity contribution is 0.482. The summed E-state index contributed by atoms with van der Waals surface area (Å²) in [5, 5.41) is 2.98. The zero-order valence-electron chi connectivity index (χ0n) is 10.6. The molecule has 19 heavy (non-hydrogen) atoms. The van der Waals surface area contributed by atoms with E-state index in [0.29, 0.717) is 30.0 Å². The molecule has 0 amide bonds. The number of rotatable bonds is 4. The van der Waals surface area contributed by atoms with Crippen molar-refractivity contribution in [3.8, 4) is 0 Å². The summed E-state index contributed by atoms with van der Waals surface area (Å²) in [5.41, 5.74) is 0.430. The van der Waals surface area contributed by atoms with Crippen LogP contribution >= 0.6 is 0 Å². The first kappa shape index (κ1) is 13.7. The van der Waals surface area contributed by atoms with E-state index in [9.17, 15) is 13.2 Å². The standard InChI is InChI=1S/C14H14F3NO/c1-3-18-14(10-4-5-19-8(10)2)13-11(16)6-9(15)7-12(13)17/h4-7,14,18H,3H2,1-2H3. The molecule has 0 spiro atoms. The van der Waals surface area contributed by atoms with Crippen LogP contribution in [0.5, 0.6) is 0 Å². The van der Waals surface area contributed by atoms with Gasteiger partial charge in [0.05, 0.1) is 12.3 Å². The number of benzene rings is 1. The summed E-state index contributed by atoms with van der Waals surface area (Å²) in [4.78, 5) is 0. The summed E-state index contributed by atoms with van der Waals surface area (Å²) in [6, 6.07) is 2.30. The molecule has 0 aliphatic heterocycles. The first-order valence-corrected chi connectivity index (χ1v) is 5.96. The lowest BCUT2D eigenvalue weighted by atomic mass is 9.98. The number of halogens is 3. The molecule has 2 nitrogen and oxygen atoms in total. The molecule has 1 aromatic heterocycles. The Morgan fingerprint density at radius 3 is 2.32 bits per heavy atom. The van der Waals surface area contributed by atoms with Crippen LogP contribution in [0.15, 0.2) is 28.9 Å². The van der Waals surface area contributed by atoms with Gasteiger partial charge in [-0.15, -0.1) is 0 Å². The molecule has 0 bridgehead atoms. The van der Waals surface area contributed by atoms with Gasteiger partial charge in [-0.05, 0) is 19.5 Å². The second-order valence-corrected chi connectivity index (χ2v) is 4.21. The Bertz CT molecular complexity index is 557. The van der Waals surface area contributed by atoms with Gasteiger partial charge in [0.25, 0.3) is 0 Å². The van der Waals surface area contributed by atoms with E-state index in [1.807, 2.05) is 6.92 Å². The highest BCUT2D eigenvalue weighted by molar-refractivity contribution is 5.35. The van der Waals surface area contributed by atoms with Crippen LogP contribution in [0.25, 0.3) is 0 Å². The molecule has 0 radical (unpaired) electrons. The summed E-state index contributed by atoms with van der Waals surface area (Å²) >= 11 is 0. The van der Waals surface area contributed by atoms with Crippen LogP contribution in [0, 0.1) is 24.4 Å². The van der Waals surface area contributed by atoms with Crippen LogP contribution in [-0.2, 0) is 0 Å². The fraction of sp³-hybridized carbons (Fsp3) is 0.286. The van der Waals surface area contributed by atoms with Crippen LogP contribution in [0.3, 0.4) is 0 Å². The highest BCUT2D eigenvalue weighted by Gasteiger charge is 2.24. The Balaban J connectivity index is 2.54. The quantitative estimate of drug-likeness (QED) is 0.915. The average molecular weight is 269 g/mol. The van der Waals surface area contributed by atoms with Gasteiger partial charge in [0, 0.05) is 23.3 Å². The van der Waals surface area contributed by atoms with Crippen molar-refractivity contribution >= 4 is 0 Å². The zero-order valence-corrected chi connectivity index (χ0v) is 10.6. The summed E-state index contributed by atoms with van der Waals surface area (Å²) < 4.78 is 45.8.